The minimum atomic E-state index is -4.13. The van der Waals surface area contributed by atoms with Crippen molar-refractivity contribution in [2.75, 3.05) is 13.1 Å². The summed E-state index contributed by atoms with van der Waals surface area (Å²) in [4.78, 5) is 5.52. The lowest BCUT2D eigenvalue weighted by molar-refractivity contribution is -0.147. The number of hydrogen-bond acceptors (Lipinski definition) is 2. The molecule has 0 N–H and O–H groups in total. The van der Waals surface area contributed by atoms with Crippen molar-refractivity contribution in [3.63, 3.8) is 0 Å². The monoisotopic (exact) mass is 294 g/mol. The first-order valence-corrected chi connectivity index (χ1v) is 6.42. The third-order valence-corrected chi connectivity index (χ3v) is 3.48. The highest BCUT2D eigenvalue weighted by atomic mass is 19.4. The lowest BCUT2D eigenvalue weighted by Gasteiger charge is -2.32. The molecule has 2 heterocycles. The van der Waals surface area contributed by atoms with Crippen LogP contribution in [-0.2, 0) is 6.54 Å². The van der Waals surface area contributed by atoms with Crippen molar-refractivity contribution in [1.29, 1.82) is 0 Å². The van der Waals surface area contributed by atoms with E-state index in [2.05, 4.69) is 4.98 Å². The number of alkyl halides is 3. The van der Waals surface area contributed by atoms with Gasteiger partial charge in [-0.3, -0.25) is 9.88 Å². The minimum absolute atomic E-state index is 0.126. The zero-order valence-electron chi connectivity index (χ0n) is 10.8. The molecule has 1 aromatic heterocycles. The van der Waals surface area contributed by atoms with E-state index in [-0.39, 0.29) is 18.2 Å². The maximum atomic E-state index is 13.4. The van der Waals surface area contributed by atoms with Gasteiger partial charge in [0.25, 0.3) is 0 Å². The summed E-state index contributed by atoms with van der Waals surface area (Å²) < 4.78 is 62.9. The standard InChI is InChI=1S/C13H15F5N2/c14-10-5-11(15)12(19-7-10)8-20-3-1-9(2-4-20)6-13(16,17)18/h5,7,9H,1-4,6,8H2. The average molecular weight is 294 g/mol. The smallest absolute Gasteiger partial charge is 0.297 e. The average Bonchev–Trinajstić information content (AvgIpc) is 2.33. The number of likely N-dealkylation sites (tertiary alicyclic amines) is 1. The molecule has 2 rings (SSSR count). The van der Waals surface area contributed by atoms with Crippen molar-refractivity contribution in [2.24, 2.45) is 5.92 Å². The molecular formula is C13H15F5N2. The van der Waals surface area contributed by atoms with E-state index >= 15 is 0 Å². The molecule has 0 aliphatic carbocycles. The first-order valence-electron chi connectivity index (χ1n) is 6.42. The Morgan fingerprint density at radius 1 is 1.20 bits per heavy atom. The minimum Gasteiger partial charge on any atom is -0.297 e. The highest BCUT2D eigenvalue weighted by molar-refractivity contribution is 5.08. The molecule has 1 aromatic rings. The maximum absolute atomic E-state index is 13.4. The Labute approximate surface area is 113 Å². The molecule has 2 nitrogen and oxygen atoms in total. The van der Waals surface area contributed by atoms with Crippen LogP contribution in [0.2, 0.25) is 0 Å². The highest BCUT2D eigenvalue weighted by Crippen LogP contribution is 2.31. The van der Waals surface area contributed by atoms with Crippen LogP contribution in [-0.4, -0.2) is 29.1 Å². The summed E-state index contributed by atoms with van der Waals surface area (Å²) in [5.41, 5.74) is 0.126. The van der Waals surface area contributed by atoms with Gasteiger partial charge in [-0.1, -0.05) is 0 Å². The Bertz CT molecular complexity index is 453. The third kappa shape index (κ3) is 4.40. The predicted molar refractivity (Wildman–Crippen MR) is 62.8 cm³/mol. The molecule has 112 valence electrons. The molecule has 0 aromatic carbocycles. The zero-order valence-corrected chi connectivity index (χ0v) is 10.8. The van der Waals surface area contributed by atoms with Crippen molar-refractivity contribution < 1.29 is 22.0 Å². The summed E-state index contributed by atoms with van der Waals surface area (Å²) >= 11 is 0. The number of hydrogen-bond donors (Lipinski definition) is 0. The first kappa shape index (κ1) is 15.2. The van der Waals surface area contributed by atoms with Crippen molar-refractivity contribution >= 4 is 0 Å². The summed E-state index contributed by atoms with van der Waals surface area (Å²) in [6.45, 7) is 1.14. The van der Waals surface area contributed by atoms with Crippen LogP contribution in [0.1, 0.15) is 25.0 Å². The van der Waals surface area contributed by atoms with E-state index in [0.29, 0.717) is 25.9 Å². The quantitative estimate of drug-likeness (QED) is 0.793. The molecule has 0 amide bonds. The molecule has 7 heteroatoms. The lowest BCUT2D eigenvalue weighted by Crippen LogP contribution is -2.35. The van der Waals surface area contributed by atoms with Gasteiger partial charge in [0, 0.05) is 19.0 Å². The fraction of sp³-hybridized carbons (Fsp3) is 0.615. The van der Waals surface area contributed by atoms with Gasteiger partial charge in [0.05, 0.1) is 11.9 Å². The van der Waals surface area contributed by atoms with Gasteiger partial charge < -0.3 is 0 Å². The number of halogens is 5. The van der Waals surface area contributed by atoms with E-state index in [1.165, 1.54) is 0 Å². The summed E-state index contributed by atoms with van der Waals surface area (Å²) in [5, 5.41) is 0. The van der Waals surface area contributed by atoms with Crippen molar-refractivity contribution in [3.8, 4) is 0 Å². The summed E-state index contributed by atoms with van der Waals surface area (Å²) in [6, 6.07) is 0.763. The predicted octanol–water partition coefficient (Wildman–Crippen LogP) is 3.52. The molecular weight excluding hydrogens is 279 g/mol. The van der Waals surface area contributed by atoms with Crippen LogP contribution in [0.5, 0.6) is 0 Å². The number of aromatic nitrogens is 1. The fourth-order valence-corrected chi connectivity index (χ4v) is 2.45. The van der Waals surface area contributed by atoms with Crippen LogP contribution < -0.4 is 0 Å². The molecule has 0 atom stereocenters. The Balaban J connectivity index is 1.85. The first-order chi connectivity index (χ1) is 9.33. The van der Waals surface area contributed by atoms with Crippen LogP contribution in [0, 0.1) is 17.6 Å². The normalized spacial score (nSPS) is 18.4. The molecule has 1 saturated heterocycles. The van der Waals surface area contributed by atoms with Gasteiger partial charge in [0.2, 0.25) is 0 Å². The Hall–Kier alpha value is -1.24. The van der Waals surface area contributed by atoms with E-state index in [9.17, 15) is 22.0 Å². The summed E-state index contributed by atoms with van der Waals surface area (Å²) in [7, 11) is 0. The van der Waals surface area contributed by atoms with Gasteiger partial charge >= 0.3 is 6.18 Å². The van der Waals surface area contributed by atoms with Crippen molar-refractivity contribution in [2.45, 2.75) is 32.0 Å². The second-order valence-corrected chi connectivity index (χ2v) is 5.12. The molecule has 0 bridgehead atoms. The van der Waals surface area contributed by atoms with Crippen LogP contribution in [0.3, 0.4) is 0 Å². The fourth-order valence-electron chi connectivity index (χ4n) is 2.45. The molecule has 0 spiro atoms. The number of pyridine rings is 1. The van der Waals surface area contributed by atoms with Crippen molar-refractivity contribution in [1.82, 2.24) is 9.88 Å². The molecule has 1 aliphatic rings. The SMILES string of the molecule is Fc1cnc(CN2CCC(CC(F)(F)F)CC2)c(F)c1. The van der Waals surface area contributed by atoms with Crippen LogP contribution in [0.4, 0.5) is 22.0 Å². The molecule has 0 saturated carbocycles. The molecule has 0 radical (unpaired) electrons. The van der Waals surface area contributed by atoms with Gasteiger partial charge in [-0.15, -0.1) is 0 Å². The molecule has 20 heavy (non-hydrogen) atoms. The maximum Gasteiger partial charge on any atom is 0.389 e. The van der Waals surface area contributed by atoms with Crippen molar-refractivity contribution in [3.05, 3.63) is 29.6 Å². The molecule has 1 aliphatic heterocycles. The molecule has 0 unspecified atom stereocenters. The Kier molecular flexibility index (Phi) is 4.57. The Morgan fingerprint density at radius 3 is 2.40 bits per heavy atom. The van der Waals surface area contributed by atoms with Gasteiger partial charge in [0.1, 0.15) is 11.6 Å². The largest absolute Gasteiger partial charge is 0.389 e. The van der Waals surface area contributed by atoms with Gasteiger partial charge in [-0.2, -0.15) is 13.2 Å². The van der Waals surface area contributed by atoms with Crippen LogP contribution in [0.15, 0.2) is 12.3 Å². The van der Waals surface area contributed by atoms with E-state index in [1.54, 1.807) is 0 Å². The number of rotatable bonds is 3. The van der Waals surface area contributed by atoms with Gasteiger partial charge in [0.15, 0.2) is 0 Å². The zero-order chi connectivity index (χ0) is 14.8. The summed E-state index contributed by atoms with van der Waals surface area (Å²) in [5.74, 6) is -1.82. The highest BCUT2D eigenvalue weighted by Gasteiger charge is 2.33. The number of nitrogens with zero attached hydrogens (tertiary/aromatic N) is 2. The Morgan fingerprint density at radius 2 is 1.85 bits per heavy atom. The van der Waals surface area contributed by atoms with Crippen LogP contribution >= 0.6 is 0 Å². The van der Waals surface area contributed by atoms with Gasteiger partial charge in [-0.05, 0) is 31.8 Å². The van der Waals surface area contributed by atoms with E-state index in [4.69, 9.17) is 0 Å². The lowest BCUT2D eigenvalue weighted by atomic mass is 9.93. The second kappa shape index (κ2) is 6.03. The third-order valence-electron chi connectivity index (χ3n) is 3.48. The molecule has 1 fully saturated rings. The van der Waals surface area contributed by atoms with E-state index < -0.39 is 24.2 Å². The summed E-state index contributed by atoms with van der Waals surface area (Å²) in [6.07, 6.45) is -3.08. The van der Waals surface area contributed by atoms with Gasteiger partial charge in [-0.25, -0.2) is 8.78 Å². The second-order valence-electron chi connectivity index (χ2n) is 5.12. The van der Waals surface area contributed by atoms with E-state index in [0.717, 1.165) is 12.3 Å². The topological polar surface area (TPSA) is 16.1 Å². The van der Waals surface area contributed by atoms with E-state index in [1.807, 2.05) is 4.90 Å². The number of piperidine rings is 1. The van der Waals surface area contributed by atoms with Crippen LogP contribution in [0.25, 0.3) is 0 Å².